The molecule has 0 saturated heterocycles. The monoisotopic (exact) mass is 428 g/mol. The highest BCUT2D eigenvalue weighted by atomic mass is 79.9. The van der Waals surface area contributed by atoms with E-state index in [4.69, 9.17) is 25.9 Å². The van der Waals surface area contributed by atoms with Crippen LogP contribution in [0.1, 0.15) is 35.6 Å². The van der Waals surface area contributed by atoms with Crippen molar-refractivity contribution in [2.75, 3.05) is 0 Å². The molecule has 0 N–H and O–H groups in total. The van der Waals surface area contributed by atoms with Gasteiger partial charge in [0.1, 0.15) is 17.2 Å². The zero-order valence-electron chi connectivity index (χ0n) is 13.6. The number of hydrogen-bond acceptors (Lipinski definition) is 4. The number of ether oxygens (including phenoxy) is 1. The van der Waals surface area contributed by atoms with Gasteiger partial charge in [0.05, 0.1) is 12.3 Å². The van der Waals surface area contributed by atoms with Crippen LogP contribution in [0.5, 0.6) is 5.75 Å². The lowest BCUT2D eigenvalue weighted by atomic mass is 9.97. The Balaban J connectivity index is 1.64. The van der Waals surface area contributed by atoms with Crippen molar-refractivity contribution in [2.24, 2.45) is 5.10 Å². The van der Waals surface area contributed by atoms with Gasteiger partial charge in [-0.3, -0.25) is 0 Å². The zero-order valence-corrected chi connectivity index (χ0v) is 15.9. The first-order valence-electron chi connectivity index (χ1n) is 8.31. The number of hydrazone groups is 1. The van der Waals surface area contributed by atoms with Crippen LogP contribution in [-0.4, -0.2) is 10.7 Å². The molecule has 0 amide bonds. The molecule has 0 unspecified atom stereocenters. The van der Waals surface area contributed by atoms with Gasteiger partial charge >= 0.3 is 0 Å². The molecule has 2 aromatic carbocycles. The molecule has 2 aliphatic rings. The van der Waals surface area contributed by atoms with E-state index >= 15 is 0 Å². The zero-order chi connectivity index (χ0) is 17.7. The third-order valence-electron chi connectivity index (χ3n) is 4.73. The highest BCUT2D eigenvalue weighted by Gasteiger charge is 2.42. The molecule has 0 radical (unpaired) electrons. The first-order chi connectivity index (χ1) is 12.7. The van der Waals surface area contributed by atoms with Crippen molar-refractivity contribution in [3.63, 3.8) is 0 Å². The van der Waals surface area contributed by atoms with Gasteiger partial charge in [-0.2, -0.15) is 5.10 Å². The van der Waals surface area contributed by atoms with Crippen LogP contribution < -0.4 is 4.74 Å². The number of benzene rings is 2. The average molecular weight is 430 g/mol. The third-order valence-corrected chi connectivity index (χ3v) is 5.57. The van der Waals surface area contributed by atoms with Crippen molar-refractivity contribution in [1.82, 2.24) is 5.01 Å². The lowest BCUT2D eigenvalue weighted by molar-refractivity contribution is -0.0190. The van der Waals surface area contributed by atoms with Gasteiger partial charge in [0.25, 0.3) is 0 Å². The standard InChI is InChI=1S/C20H14BrClN2O2/c21-12-7-8-18-14(10-12)17-11-16(19-6-3-9-25-19)23-24(17)20(26-18)13-4-1-2-5-15(13)22/h1-10,17,20H,11H2/t17-,20-/m1/s1. The number of rotatable bonds is 2. The minimum absolute atomic E-state index is 0.0672. The van der Waals surface area contributed by atoms with Crippen LogP contribution in [0.15, 0.2) is 74.9 Å². The Labute approximate surface area is 164 Å². The van der Waals surface area contributed by atoms with Crippen LogP contribution in [0.4, 0.5) is 0 Å². The van der Waals surface area contributed by atoms with Crippen LogP contribution in [0, 0.1) is 0 Å². The minimum atomic E-state index is -0.380. The van der Waals surface area contributed by atoms with Crippen molar-refractivity contribution < 1.29 is 9.15 Å². The van der Waals surface area contributed by atoms with Crippen molar-refractivity contribution in [1.29, 1.82) is 0 Å². The van der Waals surface area contributed by atoms with E-state index in [1.54, 1.807) is 6.26 Å². The van der Waals surface area contributed by atoms with Gasteiger partial charge in [-0.05, 0) is 36.4 Å². The SMILES string of the molecule is Clc1ccccc1[C@H]1Oc2ccc(Br)cc2[C@H]2CC(c3ccco3)=NN21. The Bertz CT molecular complexity index is 1000. The summed E-state index contributed by atoms with van der Waals surface area (Å²) in [6, 6.07) is 17.7. The van der Waals surface area contributed by atoms with Crippen LogP contribution in [0.25, 0.3) is 0 Å². The summed E-state index contributed by atoms with van der Waals surface area (Å²) < 4.78 is 12.9. The van der Waals surface area contributed by atoms with E-state index in [1.165, 1.54) is 0 Å². The lowest BCUT2D eigenvalue weighted by Crippen LogP contribution is -2.33. The second kappa shape index (κ2) is 6.18. The molecule has 3 heterocycles. The second-order valence-electron chi connectivity index (χ2n) is 6.30. The molecule has 4 nitrogen and oxygen atoms in total. The van der Waals surface area contributed by atoms with Crippen LogP contribution >= 0.6 is 27.5 Å². The molecule has 2 atom stereocenters. The number of halogens is 2. The molecule has 2 aliphatic heterocycles. The lowest BCUT2D eigenvalue weighted by Gasteiger charge is -2.38. The van der Waals surface area contributed by atoms with E-state index in [0.717, 1.165) is 39.2 Å². The smallest absolute Gasteiger partial charge is 0.215 e. The van der Waals surface area contributed by atoms with Gasteiger partial charge in [-0.15, -0.1) is 0 Å². The molecular formula is C20H14BrClN2O2. The minimum Gasteiger partial charge on any atom is -0.464 e. The predicted molar refractivity (Wildman–Crippen MR) is 103 cm³/mol. The maximum Gasteiger partial charge on any atom is 0.215 e. The molecule has 26 heavy (non-hydrogen) atoms. The van der Waals surface area contributed by atoms with Gasteiger partial charge in [0.15, 0.2) is 0 Å². The molecule has 0 fully saturated rings. The summed E-state index contributed by atoms with van der Waals surface area (Å²) in [6.45, 7) is 0. The largest absolute Gasteiger partial charge is 0.464 e. The average Bonchev–Trinajstić information content (AvgIpc) is 3.31. The summed E-state index contributed by atoms with van der Waals surface area (Å²) in [6.07, 6.45) is 2.04. The summed E-state index contributed by atoms with van der Waals surface area (Å²) in [5.41, 5.74) is 2.92. The Morgan fingerprint density at radius 2 is 1.96 bits per heavy atom. The summed E-state index contributed by atoms with van der Waals surface area (Å²) in [5, 5.41) is 7.50. The number of hydrogen-bond donors (Lipinski definition) is 0. The van der Waals surface area contributed by atoms with Crippen molar-refractivity contribution in [3.8, 4) is 5.75 Å². The number of nitrogens with zero attached hydrogens (tertiary/aromatic N) is 2. The van der Waals surface area contributed by atoms with E-state index in [2.05, 4.69) is 22.0 Å². The molecule has 130 valence electrons. The molecule has 5 rings (SSSR count). The highest BCUT2D eigenvalue weighted by Crippen LogP contribution is 2.49. The molecule has 1 aromatic heterocycles. The van der Waals surface area contributed by atoms with Crippen molar-refractivity contribution >= 4 is 33.2 Å². The predicted octanol–water partition coefficient (Wildman–Crippen LogP) is 5.94. The molecule has 3 aromatic rings. The van der Waals surface area contributed by atoms with Crippen molar-refractivity contribution in [3.05, 3.63) is 87.2 Å². The Morgan fingerprint density at radius 1 is 1.08 bits per heavy atom. The molecule has 6 heteroatoms. The van der Waals surface area contributed by atoms with Gasteiger partial charge in [-0.25, -0.2) is 5.01 Å². The fourth-order valence-electron chi connectivity index (χ4n) is 3.53. The molecule has 0 aliphatic carbocycles. The fourth-order valence-corrected chi connectivity index (χ4v) is 4.14. The van der Waals surface area contributed by atoms with Crippen molar-refractivity contribution in [2.45, 2.75) is 18.7 Å². The maximum absolute atomic E-state index is 6.46. The Morgan fingerprint density at radius 3 is 2.77 bits per heavy atom. The van der Waals surface area contributed by atoms with Gasteiger partial charge < -0.3 is 9.15 Å². The number of furan rings is 1. The fraction of sp³-hybridized carbons (Fsp3) is 0.150. The highest BCUT2D eigenvalue weighted by molar-refractivity contribution is 9.10. The quantitative estimate of drug-likeness (QED) is 0.506. The first kappa shape index (κ1) is 16.0. The summed E-state index contributed by atoms with van der Waals surface area (Å²) in [7, 11) is 0. The van der Waals surface area contributed by atoms with Crippen LogP contribution in [0.3, 0.4) is 0 Å². The van der Waals surface area contributed by atoms with Crippen LogP contribution in [-0.2, 0) is 0 Å². The Hall–Kier alpha value is -2.24. The van der Waals surface area contributed by atoms with E-state index in [9.17, 15) is 0 Å². The maximum atomic E-state index is 6.46. The molecule has 0 spiro atoms. The Kier molecular flexibility index (Phi) is 3.80. The summed E-state index contributed by atoms with van der Waals surface area (Å²) in [4.78, 5) is 0. The molecule has 0 saturated carbocycles. The normalized spacial score (nSPS) is 21.0. The molecule has 0 bridgehead atoms. The van der Waals surface area contributed by atoms with E-state index in [-0.39, 0.29) is 12.3 Å². The van der Waals surface area contributed by atoms with Crippen LogP contribution in [0.2, 0.25) is 5.02 Å². The van der Waals surface area contributed by atoms with E-state index in [1.807, 2.05) is 53.5 Å². The second-order valence-corrected chi connectivity index (χ2v) is 7.62. The van der Waals surface area contributed by atoms with Gasteiger partial charge in [0, 0.05) is 27.0 Å². The third kappa shape index (κ3) is 2.54. The first-order valence-corrected chi connectivity index (χ1v) is 9.48. The summed E-state index contributed by atoms with van der Waals surface area (Å²) >= 11 is 10.0. The van der Waals surface area contributed by atoms with E-state index < -0.39 is 0 Å². The van der Waals surface area contributed by atoms with E-state index in [0.29, 0.717) is 5.02 Å². The topological polar surface area (TPSA) is 38.0 Å². The number of fused-ring (bicyclic) bond motifs is 3. The summed E-state index contributed by atoms with van der Waals surface area (Å²) in [5.74, 6) is 1.64. The van der Waals surface area contributed by atoms with Gasteiger partial charge in [0.2, 0.25) is 6.23 Å². The molecular weight excluding hydrogens is 416 g/mol. The van der Waals surface area contributed by atoms with Gasteiger partial charge in [-0.1, -0.05) is 45.7 Å².